The Balaban J connectivity index is 1.26. The van der Waals surface area contributed by atoms with Crippen LogP contribution in [0, 0.1) is 34.0 Å². The molecule has 3 saturated heterocycles. The monoisotopic (exact) mass is 638 g/mol. The van der Waals surface area contributed by atoms with Crippen LogP contribution >= 0.6 is 0 Å². The fourth-order valence-electron chi connectivity index (χ4n) is 11.6. The van der Waals surface area contributed by atoms with Gasteiger partial charge in [-0.1, -0.05) is 44.2 Å². The molecule has 1 aromatic rings. The van der Waals surface area contributed by atoms with E-state index < -0.39 is 100 Å². The summed E-state index contributed by atoms with van der Waals surface area (Å²) in [5.41, 5.74) is -6.88. The molecular weight excluding hydrogens is 596 g/mol. The molecule has 4 aliphatic heterocycles. The Labute approximate surface area is 267 Å². The lowest BCUT2D eigenvalue weighted by Crippen LogP contribution is -2.77. The van der Waals surface area contributed by atoms with Crippen molar-refractivity contribution in [2.45, 2.75) is 94.1 Å². The van der Waals surface area contributed by atoms with E-state index in [0.717, 1.165) is 5.56 Å². The lowest BCUT2D eigenvalue weighted by molar-refractivity contribution is -0.301. The van der Waals surface area contributed by atoms with Crippen molar-refractivity contribution in [1.82, 2.24) is 0 Å². The van der Waals surface area contributed by atoms with Gasteiger partial charge in [0.1, 0.15) is 23.1 Å². The Morgan fingerprint density at radius 2 is 1.85 bits per heavy atom. The fraction of sp³-hybridized carbons (Fsp3) is 0.657. The van der Waals surface area contributed by atoms with Gasteiger partial charge in [0, 0.05) is 46.5 Å². The summed E-state index contributed by atoms with van der Waals surface area (Å²) in [6.07, 6.45) is 0.265. The van der Waals surface area contributed by atoms with E-state index in [1.54, 1.807) is 19.1 Å². The predicted octanol–water partition coefficient (Wildman–Crippen LogP) is 1.51. The number of carbonyl (C=O) groups is 2. The second-order valence-corrected chi connectivity index (χ2v) is 15.2. The first kappa shape index (κ1) is 30.7. The molecular formula is C35H42O11. The second-order valence-electron chi connectivity index (χ2n) is 15.2. The van der Waals surface area contributed by atoms with Crippen molar-refractivity contribution in [3.63, 3.8) is 0 Å². The average molecular weight is 639 g/mol. The highest BCUT2D eigenvalue weighted by atomic mass is 16.7. The van der Waals surface area contributed by atoms with Gasteiger partial charge in [0.25, 0.3) is 0 Å². The first-order valence-electron chi connectivity index (χ1n) is 16.2. The van der Waals surface area contributed by atoms with E-state index >= 15 is 0 Å². The van der Waals surface area contributed by atoms with Crippen LogP contribution in [0.5, 0.6) is 0 Å². The Hall–Kier alpha value is -2.64. The third-order valence-corrected chi connectivity index (χ3v) is 13.4. The van der Waals surface area contributed by atoms with Crippen LogP contribution in [0.4, 0.5) is 0 Å². The maximum Gasteiger partial charge on any atom is 0.331 e. The topological polar surface area (TPSA) is 165 Å². The van der Waals surface area contributed by atoms with Gasteiger partial charge in [-0.3, -0.25) is 4.79 Å². The van der Waals surface area contributed by atoms with Crippen molar-refractivity contribution < 1.29 is 53.7 Å². The smallest absolute Gasteiger partial charge is 0.331 e. The summed E-state index contributed by atoms with van der Waals surface area (Å²) in [4.78, 5) is 27.7. The van der Waals surface area contributed by atoms with Crippen LogP contribution in [0.15, 0.2) is 48.7 Å². The third kappa shape index (κ3) is 3.32. The predicted molar refractivity (Wildman–Crippen MR) is 159 cm³/mol. The molecule has 0 aromatic heterocycles. The van der Waals surface area contributed by atoms with E-state index in [4.69, 9.17) is 23.7 Å². The number of ketones is 1. The zero-order valence-electron chi connectivity index (χ0n) is 26.4. The maximum atomic E-state index is 14.3. The van der Waals surface area contributed by atoms with Gasteiger partial charge in [0.2, 0.25) is 6.29 Å². The highest BCUT2D eigenvalue weighted by Gasteiger charge is 2.94. The van der Waals surface area contributed by atoms with Crippen LogP contribution in [0.3, 0.4) is 0 Å². The molecule has 15 atom stereocenters. The molecule has 0 amide bonds. The molecule has 0 unspecified atom stereocenters. The zero-order chi connectivity index (χ0) is 32.7. The number of fused-ring (bicyclic) bond motifs is 7. The fourth-order valence-corrected chi connectivity index (χ4v) is 11.6. The highest BCUT2D eigenvalue weighted by molar-refractivity contribution is 5.87. The zero-order valence-corrected chi connectivity index (χ0v) is 26.4. The quantitative estimate of drug-likeness (QED) is 0.203. The number of carbonyl (C=O) groups excluding carboxylic acids is 2. The number of aliphatic hydroxyl groups excluding tert-OH is 3. The molecule has 0 radical (unpaired) electrons. The van der Waals surface area contributed by atoms with Crippen LogP contribution < -0.4 is 0 Å². The van der Waals surface area contributed by atoms with Crippen LogP contribution in [0.25, 0.3) is 6.08 Å². The van der Waals surface area contributed by atoms with E-state index in [9.17, 15) is 30.0 Å². The van der Waals surface area contributed by atoms with Gasteiger partial charge in [-0.15, -0.1) is 0 Å². The number of ether oxygens (including phenoxy) is 5. The second kappa shape index (κ2) is 9.49. The Kier molecular flexibility index (Phi) is 6.33. The number of hydrogen-bond donors (Lipinski definition) is 4. The molecule has 7 aliphatic rings. The first-order valence-corrected chi connectivity index (χ1v) is 16.2. The molecule has 8 rings (SSSR count). The summed E-state index contributed by atoms with van der Waals surface area (Å²) >= 11 is 0. The summed E-state index contributed by atoms with van der Waals surface area (Å²) < 4.78 is 31.2. The van der Waals surface area contributed by atoms with Gasteiger partial charge < -0.3 is 44.1 Å². The minimum atomic E-state index is -1.47. The normalized spacial score (nSPS) is 54.1. The number of epoxide rings is 1. The molecule has 3 saturated carbocycles. The number of aliphatic hydroxyl groups is 4. The number of hydrogen-bond acceptors (Lipinski definition) is 11. The third-order valence-electron chi connectivity index (χ3n) is 13.4. The van der Waals surface area contributed by atoms with Crippen molar-refractivity contribution in [2.24, 2.45) is 34.0 Å². The molecule has 46 heavy (non-hydrogen) atoms. The summed E-state index contributed by atoms with van der Waals surface area (Å²) in [5.74, 6) is -3.36. The van der Waals surface area contributed by atoms with E-state index in [1.165, 1.54) is 19.3 Å². The van der Waals surface area contributed by atoms with Crippen LogP contribution in [0.1, 0.15) is 46.1 Å². The minimum Gasteiger partial charge on any atom is -0.469 e. The number of rotatable bonds is 6. The molecule has 248 valence electrons. The van der Waals surface area contributed by atoms with E-state index in [0.29, 0.717) is 6.42 Å². The molecule has 11 heteroatoms. The van der Waals surface area contributed by atoms with Crippen LogP contribution in [-0.2, 0) is 33.3 Å². The first-order chi connectivity index (χ1) is 21.8. The SMILES string of the molecule is CC(=O)[C@@H]1[C@@]2(CO)[C@@H](OC(=O)/C=C/c3ccccc3)C[C@@H](O)[C@@]3(C)CO[C@@H]([C@@H](O)[C@@]1(C)[C@]14O[C@@]1(C)[C@H]1C[C@@H]4O[C@@H]4OC=C[C@@]41O)[C@@H]32. The molecule has 6 fully saturated rings. The van der Waals surface area contributed by atoms with Crippen molar-refractivity contribution in [1.29, 1.82) is 0 Å². The van der Waals surface area contributed by atoms with Gasteiger partial charge in [-0.05, 0) is 38.0 Å². The van der Waals surface area contributed by atoms with Gasteiger partial charge in [0.15, 0.2) is 5.60 Å². The Bertz CT molecular complexity index is 1530. The number of benzene rings is 1. The number of esters is 1. The van der Waals surface area contributed by atoms with Crippen LogP contribution in [0.2, 0.25) is 0 Å². The Morgan fingerprint density at radius 1 is 1.11 bits per heavy atom. The van der Waals surface area contributed by atoms with E-state index in [1.807, 2.05) is 44.2 Å². The lowest BCUT2D eigenvalue weighted by Gasteiger charge is -2.66. The van der Waals surface area contributed by atoms with Gasteiger partial charge >= 0.3 is 5.97 Å². The van der Waals surface area contributed by atoms with Crippen molar-refractivity contribution in [2.75, 3.05) is 13.2 Å². The summed E-state index contributed by atoms with van der Waals surface area (Å²) in [7, 11) is 0. The molecule has 2 bridgehead atoms. The molecule has 1 aromatic carbocycles. The minimum absolute atomic E-state index is 0.0430. The number of Topliss-reactive ketones (excluding diaryl/α,β-unsaturated/α-hetero) is 1. The van der Waals surface area contributed by atoms with E-state index in [-0.39, 0.29) is 18.8 Å². The average Bonchev–Trinajstić information content (AvgIpc) is 3.24. The van der Waals surface area contributed by atoms with E-state index in [2.05, 4.69) is 0 Å². The Morgan fingerprint density at radius 3 is 2.54 bits per heavy atom. The van der Waals surface area contributed by atoms with Crippen molar-refractivity contribution >= 4 is 17.8 Å². The highest BCUT2D eigenvalue weighted by Crippen LogP contribution is 2.80. The molecule has 11 nitrogen and oxygen atoms in total. The molecule has 4 heterocycles. The maximum absolute atomic E-state index is 14.3. The molecule has 3 aliphatic carbocycles. The molecule has 0 spiro atoms. The largest absolute Gasteiger partial charge is 0.469 e. The van der Waals surface area contributed by atoms with Crippen LogP contribution in [-0.4, -0.2) is 99.0 Å². The summed E-state index contributed by atoms with van der Waals surface area (Å²) in [6.45, 7) is 6.41. The van der Waals surface area contributed by atoms with Crippen molar-refractivity contribution in [3.8, 4) is 0 Å². The van der Waals surface area contributed by atoms with Gasteiger partial charge in [-0.2, -0.15) is 0 Å². The summed E-state index contributed by atoms with van der Waals surface area (Å²) in [6, 6.07) is 9.24. The molecule has 4 N–H and O–H groups in total. The lowest BCUT2D eigenvalue weighted by atomic mass is 9.37. The van der Waals surface area contributed by atoms with Gasteiger partial charge in [0.05, 0.1) is 43.9 Å². The van der Waals surface area contributed by atoms with Crippen molar-refractivity contribution in [3.05, 3.63) is 54.3 Å². The van der Waals surface area contributed by atoms with Gasteiger partial charge in [-0.25, -0.2) is 4.79 Å². The standard InChI is InChI=1S/C35H42O11/c1-18(37)26-31(3,35-23-14-20(32(35,4)46-35)34(41)12-13-42-29(34)45-23)28(40)25-27-30(2,17-43-25)21(38)15-22(33(26,27)16-36)44-24(39)11-10-19-8-6-5-7-9-19/h5-13,20-23,25-29,36,38,40-41H,14-17H2,1-4H3/b11-10+/t20-,21-,22+,23+,25-,26+,27+,28-,29+,30-,31+,32+,33-,34+,35+/m1/s1. The summed E-state index contributed by atoms with van der Waals surface area (Å²) in [5, 5.41) is 47.4.